The van der Waals surface area contributed by atoms with Crippen molar-refractivity contribution in [3.8, 4) is 0 Å². The summed E-state index contributed by atoms with van der Waals surface area (Å²) in [6, 6.07) is 0. The van der Waals surface area contributed by atoms with E-state index in [9.17, 15) is 14.4 Å². The molecule has 0 N–H and O–H groups in total. The first-order valence-corrected chi connectivity index (χ1v) is 25.2. The third-order valence-corrected chi connectivity index (χ3v) is 11.5. The largest absolute Gasteiger partial charge is 0.462 e. The van der Waals surface area contributed by atoms with Gasteiger partial charge in [-0.05, 0) is 31.1 Å². The zero-order valence-electron chi connectivity index (χ0n) is 39.0. The SMILES string of the molecule is CCCCCCCCCCCCCC(=O)O[C@@H](COC(=O)CCCCCCCCCCCCCCC(C)C)COC(=O)CCCCCCCCCCCCC(C)C. The predicted molar refractivity (Wildman–Crippen MR) is 243 cm³/mol. The maximum absolute atomic E-state index is 12.7. The standard InChI is InChI=1S/C51H98O6/c1-6-7-8-9-10-11-14-23-28-33-38-43-51(54)57-48(45-56-50(53)42-37-32-27-22-18-17-20-25-30-35-40-47(4)5)44-55-49(52)41-36-31-26-21-16-13-12-15-19-24-29-34-39-46(2)3/h46-48H,6-45H2,1-5H3/t48-/m0/s1. The molecular weight excluding hydrogens is 709 g/mol. The molecule has 338 valence electrons. The average molecular weight is 807 g/mol. The molecule has 6 heteroatoms. The highest BCUT2D eigenvalue weighted by Gasteiger charge is 2.19. The summed E-state index contributed by atoms with van der Waals surface area (Å²) in [6.07, 6.45) is 43.7. The van der Waals surface area contributed by atoms with E-state index in [-0.39, 0.29) is 31.1 Å². The molecule has 0 radical (unpaired) electrons. The van der Waals surface area contributed by atoms with E-state index in [1.807, 2.05) is 0 Å². The second-order valence-electron chi connectivity index (χ2n) is 18.4. The van der Waals surface area contributed by atoms with Gasteiger partial charge in [-0.2, -0.15) is 0 Å². The zero-order valence-corrected chi connectivity index (χ0v) is 39.0. The molecule has 0 aromatic carbocycles. The van der Waals surface area contributed by atoms with Gasteiger partial charge in [-0.1, -0.05) is 240 Å². The van der Waals surface area contributed by atoms with Gasteiger partial charge in [0.25, 0.3) is 0 Å². The summed E-state index contributed by atoms with van der Waals surface area (Å²) in [5, 5.41) is 0. The Morgan fingerprint density at radius 3 is 0.860 bits per heavy atom. The highest BCUT2D eigenvalue weighted by atomic mass is 16.6. The van der Waals surface area contributed by atoms with E-state index in [0.29, 0.717) is 19.3 Å². The van der Waals surface area contributed by atoms with Crippen LogP contribution in [-0.2, 0) is 28.6 Å². The van der Waals surface area contributed by atoms with Crippen molar-refractivity contribution in [2.75, 3.05) is 13.2 Å². The lowest BCUT2D eigenvalue weighted by Gasteiger charge is -2.18. The van der Waals surface area contributed by atoms with Gasteiger partial charge in [-0.15, -0.1) is 0 Å². The van der Waals surface area contributed by atoms with Crippen molar-refractivity contribution in [2.45, 2.75) is 285 Å². The van der Waals surface area contributed by atoms with E-state index < -0.39 is 6.10 Å². The molecule has 0 aromatic rings. The van der Waals surface area contributed by atoms with Gasteiger partial charge in [0, 0.05) is 19.3 Å². The van der Waals surface area contributed by atoms with E-state index in [1.165, 1.54) is 167 Å². The number of esters is 3. The van der Waals surface area contributed by atoms with E-state index in [2.05, 4.69) is 34.6 Å². The summed E-state index contributed by atoms with van der Waals surface area (Å²) >= 11 is 0. The molecule has 0 aliphatic heterocycles. The van der Waals surface area contributed by atoms with E-state index in [0.717, 1.165) is 69.6 Å². The van der Waals surface area contributed by atoms with Crippen molar-refractivity contribution in [1.29, 1.82) is 0 Å². The Morgan fingerprint density at radius 2 is 0.579 bits per heavy atom. The molecule has 0 rings (SSSR count). The zero-order chi connectivity index (χ0) is 41.9. The van der Waals surface area contributed by atoms with E-state index >= 15 is 0 Å². The molecule has 0 amide bonds. The van der Waals surface area contributed by atoms with Crippen LogP contribution in [0.3, 0.4) is 0 Å². The van der Waals surface area contributed by atoms with Crippen LogP contribution in [0.5, 0.6) is 0 Å². The Hall–Kier alpha value is -1.59. The molecule has 0 heterocycles. The minimum absolute atomic E-state index is 0.0639. The Balaban J connectivity index is 4.30. The van der Waals surface area contributed by atoms with Crippen LogP contribution in [0.25, 0.3) is 0 Å². The van der Waals surface area contributed by atoms with Crippen LogP contribution in [0.4, 0.5) is 0 Å². The Labute approximate surface area is 355 Å². The quantitative estimate of drug-likeness (QED) is 0.0346. The van der Waals surface area contributed by atoms with Gasteiger partial charge >= 0.3 is 17.9 Å². The first-order chi connectivity index (χ1) is 27.7. The lowest BCUT2D eigenvalue weighted by atomic mass is 10.0. The average Bonchev–Trinajstić information content (AvgIpc) is 3.18. The highest BCUT2D eigenvalue weighted by Crippen LogP contribution is 2.17. The smallest absolute Gasteiger partial charge is 0.306 e. The minimum Gasteiger partial charge on any atom is -0.462 e. The Bertz CT molecular complexity index is 870. The van der Waals surface area contributed by atoms with Gasteiger partial charge in [-0.25, -0.2) is 0 Å². The van der Waals surface area contributed by atoms with Crippen molar-refractivity contribution in [3.63, 3.8) is 0 Å². The molecule has 1 atom stereocenters. The van der Waals surface area contributed by atoms with Crippen LogP contribution in [0.15, 0.2) is 0 Å². The molecule has 0 spiro atoms. The van der Waals surface area contributed by atoms with Crippen molar-refractivity contribution in [3.05, 3.63) is 0 Å². The third-order valence-electron chi connectivity index (χ3n) is 11.5. The Morgan fingerprint density at radius 1 is 0.333 bits per heavy atom. The van der Waals surface area contributed by atoms with Crippen LogP contribution in [-0.4, -0.2) is 37.2 Å². The second kappa shape index (κ2) is 44.0. The van der Waals surface area contributed by atoms with Gasteiger partial charge in [0.15, 0.2) is 6.10 Å². The molecule has 0 aliphatic carbocycles. The molecule has 0 bridgehead atoms. The lowest BCUT2D eigenvalue weighted by molar-refractivity contribution is -0.167. The van der Waals surface area contributed by atoms with Gasteiger partial charge < -0.3 is 14.2 Å². The van der Waals surface area contributed by atoms with Crippen molar-refractivity contribution >= 4 is 17.9 Å². The Kier molecular flexibility index (Phi) is 42.7. The molecule has 0 unspecified atom stereocenters. The normalized spacial score (nSPS) is 12.1. The van der Waals surface area contributed by atoms with Crippen LogP contribution < -0.4 is 0 Å². The van der Waals surface area contributed by atoms with Crippen molar-refractivity contribution in [1.82, 2.24) is 0 Å². The van der Waals surface area contributed by atoms with E-state index in [1.54, 1.807) is 0 Å². The molecule has 0 fully saturated rings. The fraction of sp³-hybridized carbons (Fsp3) is 0.941. The molecular formula is C51H98O6. The predicted octanol–water partition coefficient (Wildman–Crippen LogP) is 16.1. The third kappa shape index (κ3) is 45.3. The highest BCUT2D eigenvalue weighted by molar-refractivity contribution is 5.71. The van der Waals surface area contributed by atoms with Gasteiger partial charge in [-0.3, -0.25) is 14.4 Å². The topological polar surface area (TPSA) is 78.9 Å². The summed E-state index contributed by atoms with van der Waals surface area (Å²) in [4.78, 5) is 37.9. The van der Waals surface area contributed by atoms with Crippen LogP contribution in [0, 0.1) is 11.8 Å². The fourth-order valence-corrected chi connectivity index (χ4v) is 7.64. The van der Waals surface area contributed by atoms with Gasteiger partial charge in [0.2, 0.25) is 0 Å². The van der Waals surface area contributed by atoms with Gasteiger partial charge in [0.1, 0.15) is 13.2 Å². The summed E-state index contributed by atoms with van der Waals surface area (Å²) in [7, 11) is 0. The molecule has 0 aromatic heterocycles. The van der Waals surface area contributed by atoms with Crippen LogP contribution >= 0.6 is 0 Å². The monoisotopic (exact) mass is 807 g/mol. The summed E-state index contributed by atoms with van der Waals surface area (Å²) in [5.74, 6) is 0.802. The van der Waals surface area contributed by atoms with E-state index in [4.69, 9.17) is 14.2 Å². The molecule has 0 saturated carbocycles. The minimum atomic E-state index is -0.761. The molecule has 57 heavy (non-hydrogen) atoms. The van der Waals surface area contributed by atoms with Crippen molar-refractivity contribution < 1.29 is 28.6 Å². The molecule has 0 aliphatic rings. The first-order valence-electron chi connectivity index (χ1n) is 25.2. The molecule has 0 saturated heterocycles. The van der Waals surface area contributed by atoms with Gasteiger partial charge in [0.05, 0.1) is 0 Å². The summed E-state index contributed by atoms with van der Waals surface area (Å²) in [6.45, 7) is 11.4. The van der Waals surface area contributed by atoms with Crippen LogP contribution in [0.2, 0.25) is 0 Å². The number of hydrogen-bond donors (Lipinski definition) is 0. The number of unbranched alkanes of at least 4 members (excludes halogenated alkanes) is 30. The molecule has 6 nitrogen and oxygen atoms in total. The lowest BCUT2D eigenvalue weighted by Crippen LogP contribution is -2.30. The second-order valence-corrected chi connectivity index (χ2v) is 18.4. The maximum atomic E-state index is 12.7. The fourth-order valence-electron chi connectivity index (χ4n) is 7.64. The summed E-state index contributed by atoms with van der Waals surface area (Å²) < 4.78 is 16.8. The van der Waals surface area contributed by atoms with Crippen LogP contribution in [0.1, 0.15) is 279 Å². The number of ether oxygens (including phenoxy) is 3. The first kappa shape index (κ1) is 55.4. The number of rotatable bonds is 45. The maximum Gasteiger partial charge on any atom is 0.306 e. The summed E-state index contributed by atoms with van der Waals surface area (Å²) in [5.41, 5.74) is 0. The van der Waals surface area contributed by atoms with Crippen molar-refractivity contribution in [2.24, 2.45) is 11.8 Å². The number of hydrogen-bond acceptors (Lipinski definition) is 6. The number of carbonyl (C=O) groups is 3. The number of carbonyl (C=O) groups excluding carboxylic acids is 3.